The number of fused-ring (bicyclic) bond motifs is 1. The number of benzene rings is 1. The number of hydrogen-bond acceptors (Lipinski definition) is 4. The van der Waals surface area contributed by atoms with E-state index >= 15 is 0 Å². The molecule has 2 atom stereocenters. The molecule has 0 spiro atoms. The van der Waals surface area contributed by atoms with E-state index < -0.39 is 6.04 Å². The minimum absolute atomic E-state index is 0. The smallest absolute Gasteiger partial charge is 0.245 e. The van der Waals surface area contributed by atoms with E-state index in [4.69, 9.17) is 5.73 Å². The number of nitrogens with one attached hydrogen (secondary N) is 1. The second-order valence-electron chi connectivity index (χ2n) is 7.01. The van der Waals surface area contributed by atoms with Crippen LogP contribution in [-0.4, -0.2) is 29.3 Å². The van der Waals surface area contributed by atoms with Crippen LogP contribution in [0.3, 0.4) is 0 Å². The number of nitrogens with zero attached hydrogens (tertiary/aromatic N) is 1. The highest BCUT2D eigenvalue weighted by Gasteiger charge is 2.28. The van der Waals surface area contributed by atoms with Gasteiger partial charge in [0, 0.05) is 30.4 Å². The Kier molecular flexibility index (Phi) is 8.48. The third-order valence-electron chi connectivity index (χ3n) is 4.96. The van der Waals surface area contributed by atoms with Crippen molar-refractivity contribution >= 4 is 35.6 Å². The second kappa shape index (κ2) is 10.6. The fourth-order valence-corrected chi connectivity index (χ4v) is 4.36. The Labute approximate surface area is 176 Å². The standard InChI is InChI=1S/C21H27N3O2S.ClH/c1-2-6-18(21(26)24-11-9-19-16(14-24)10-12-27-19)23-20(25)13-17(22)15-7-4-3-5-8-15;/h3-5,7-8,10,12,17-18H,2,6,9,11,13-14,22H2,1H3,(H,23,25);1H. The van der Waals surface area contributed by atoms with Crippen molar-refractivity contribution in [2.24, 2.45) is 5.73 Å². The first kappa shape index (κ1) is 22.4. The Morgan fingerprint density at radius 3 is 2.71 bits per heavy atom. The largest absolute Gasteiger partial charge is 0.344 e. The molecule has 1 aliphatic heterocycles. The fourth-order valence-electron chi connectivity index (χ4n) is 3.47. The number of amides is 2. The Hall–Kier alpha value is -1.89. The first-order valence-electron chi connectivity index (χ1n) is 9.52. The molecular weight excluding hydrogens is 394 g/mol. The highest BCUT2D eigenvalue weighted by atomic mass is 35.5. The molecule has 2 unspecified atom stereocenters. The van der Waals surface area contributed by atoms with Crippen LogP contribution < -0.4 is 11.1 Å². The number of carbonyl (C=O) groups is 2. The van der Waals surface area contributed by atoms with Crippen LogP contribution in [0.4, 0.5) is 0 Å². The van der Waals surface area contributed by atoms with Gasteiger partial charge >= 0.3 is 0 Å². The average Bonchev–Trinajstić information content (AvgIpc) is 3.15. The maximum absolute atomic E-state index is 13.0. The van der Waals surface area contributed by atoms with Crippen LogP contribution in [0.5, 0.6) is 0 Å². The molecule has 7 heteroatoms. The topological polar surface area (TPSA) is 75.4 Å². The zero-order chi connectivity index (χ0) is 19.2. The molecule has 28 heavy (non-hydrogen) atoms. The Bertz CT molecular complexity index is 781. The molecule has 3 rings (SSSR count). The van der Waals surface area contributed by atoms with Gasteiger partial charge in [0.25, 0.3) is 0 Å². The molecule has 3 N–H and O–H groups in total. The van der Waals surface area contributed by atoms with Crippen molar-refractivity contribution in [2.45, 2.75) is 51.2 Å². The molecule has 2 aromatic rings. The van der Waals surface area contributed by atoms with Crippen LogP contribution in [0.1, 0.15) is 48.2 Å². The van der Waals surface area contributed by atoms with Gasteiger partial charge in [-0.15, -0.1) is 23.7 Å². The molecule has 0 radical (unpaired) electrons. The predicted octanol–water partition coefficient (Wildman–Crippen LogP) is 3.43. The van der Waals surface area contributed by atoms with E-state index in [1.54, 1.807) is 11.3 Å². The van der Waals surface area contributed by atoms with E-state index in [1.165, 1.54) is 10.4 Å². The van der Waals surface area contributed by atoms with Crippen LogP contribution in [0.2, 0.25) is 0 Å². The molecule has 1 aliphatic rings. The van der Waals surface area contributed by atoms with E-state index in [0.717, 1.165) is 18.4 Å². The molecule has 2 amide bonds. The van der Waals surface area contributed by atoms with Gasteiger partial charge < -0.3 is 16.0 Å². The van der Waals surface area contributed by atoms with Crippen LogP contribution in [0, 0.1) is 0 Å². The number of thiophene rings is 1. The number of carbonyl (C=O) groups excluding carboxylic acids is 2. The first-order valence-corrected chi connectivity index (χ1v) is 10.4. The lowest BCUT2D eigenvalue weighted by Gasteiger charge is -2.31. The van der Waals surface area contributed by atoms with Crippen LogP contribution in [-0.2, 0) is 22.6 Å². The number of rotatable bonds is 7. The van der Waals surface area contributed by atoms with Gasteiger partial charge in [-0.25, -0.2) is 0 Å². The minimum Gasteiger partial charge on any atom is -0.344 e. The summed E-state index contributed by atoms with van der Waals surface area (Å²) >= 11 is 1.75. The summed E-state index contributed by atoms with van der Waals surface area (Å²) in [6, 6.07) is 10.8. The molecule has 1 aromatic heterocycles. The normalized spacial score (nSPS) is 15.1. The molecule has 152 valence electrons. The second-order valence-corrected chi connectivity index (χ2v) is 8.01. The lowest BCUT2D eigenvalue weighted by atomic mass is 10.0. The monoisotopic (exact) mass is 421 g/mol. The van der Waals surface area contributed by atoms with Crippen LogP contribution in [0.25, 0.3) is 0 Å². The highest BCUT2D eigenvalue weighted by Crippen LogP contribution is 2.24. The molecule has 1 aromatic carbocycles. The van der Waals surface area contributed by atoms with Crippen molar-refractivity contribution in [3.8, 4) is 0 Å². The molecule has 0 saturated carbocycles. The van der Waals surface area contributed by atoms with Gasteiger partial charge in [-0.1, -0.05) is 43.7 Å². The Morgan fingerprint density at radius 2 is 2.00 bits per heavy atom. The van der Waals surface area contributed by atoms with Crippen LogP contribution >= 0.6 is 23.7 Å². The van der Waals surface area contributed by atoms with Crippen molar-refractivity contribution in [3.63, 3.8) is 0 Å². The third-order valence-corrected chi connectivity index (χ3v) is 5.99. The molecule has 0 saturated heterocycles. The van der Waals surface area contributed by atoms with Crippen molar-refractivity contribution in [1.82, 2.24) is 10.2 Å². The summed E-state index contributed by atoms with van der Waals surface area (Å²) in [5.74, 6) is -0.165. The maximum atomic E-state index is 13.0. The van der Waals surface area contributed by atoms with Crippen molar-refractivity contribution in [1.29, 1.82) is 0 Å². The Morgan fingerprint density at radius 1 is 1.25 bits per heavy atom. The lowest BCUT2D eigenvalue weighted by Crippen LogP contribution is -2.50. The third kappa shape index (κ3) is 5.56. The number of halogens is 1. The lowest BCUT2D eigenvalue weighted by molar-refractivity contribution is -0.137. The molecule has 0 fully saturated rings. The molecule has 2 heterocycles. The summed E-state index contributed by atoms with van der Waals surface area (Å²) in [5, 5.41) is 5.00. The van der Waals surface area contributed by atoms with Gasteiger partial charge in [0.2, 0.25) is 11.8 Å². The summed E-state index contributed by atoms with van der Waals surface area (Å²) in [6.07, 6.45) is 2.54. The van der Waals surface area contributed by atoms with Crippen molar-refractivity contribution in [3.05, 3.63) is 57.8 Å². The average molecular weight is 422 g/mol. The number of hydrogen-bond donors (Lipinski definition) is 2. The summed E-state index contributed by atoms with van der Waals surface area (Å²) in [7, 11) is 0. The van der Waals surface area contributed by atoms with Gasteiger partial charge in [-0.2, -0.15) is 0 Å². The molecule has 5 nitrogen and oxygen atoms in total. The van der Waals surface area contributed by atoms with Gasteiger partial charge in [-0.3, -0.25) is 9.59 Å². The Balaban J connectivity index is 0.00000280. The zero-order valence-corrected chi connectivity index (χ0v) is 17.7. The van der Waals surface area contributed by atoms with Gasteiger partial charge in [0.05, 0.1) is 0 Å². The van der Waals surface area contributed by atoms with E-state index in [2.05, 4.69) is 16.8 Å². The molecular formula is C21H28ClN3O2S. The zero-order valence-electron chi connectivity index (χ0n) is 16.1. The van der Waals surface area contributed by atoms with E-state index in [-0.39, 0.29) is 36.7 Å². The molecule has 0 bridgehead atoms. The van der Waals surface area contributed by atoms with Crippen molar-refractivity contribution < 1.29 is 9.59 Å². The van der Waals surface area contributed by atoms with Gasteiger partial charge in [-0.05, 0) is 35.4 Å². The quantitative estimate of drug-likeness (QED) is 0.719. The maximum Gasteiger partial charge on any atom is 0.245 e. The van der Waals surface area contributed by atoms with E-state index in [0.29, 0.717) is 19.5 Å². The summed E-state index contributed by atoms with van der Waals surface area (Å²) in [4.78, 5) is 28.7. The highest BCUT2D eigenvalue weighted by molar-refractivity contribution is 7.10. The fraction of sp³-hybridized carbons (Fsp3) is 0.429. The van der Waals surface area contributed by atoms with E-state index in [9.17, 15) is 9.59 Å². The first-order chi connectivity index (χ1) is 13.1. The van der Waals surface area contributed by atoms with Crippen LogP contribution in [0.15, 0.2) is 41.8 Å². The van der Waals surface area contributed by atoms with Gasteiger partial charge in [0.1, 0.15) is 6.04 Å². The van der Waals surface area contributed by atoms with Crippen molar-refractivity contribution in [2.75, 3.05) is 6.54 Å². The summed E-state index contributed by atoms with van der Waals surface area (Å²) in [5.41, 5.74) is 8.30. The number of nitrogens with two attached hydrogens (primary N) is 1. The molecule has 0 aliphatic carbocycles. The minimum atomic E-state index is -0.481. The van der Waals surface area contributed by atoms with Gasteiger partial charge in [0.15, 0.2) is 0 Å². The SMILES string of the molecule is CCCC(NC(=O)CC(N)c1ccccc1)C(=O)N1CCc2sccc2C1.Cl. The summed E-state index contributed by atoms with van der Waals surface area (Å²) < 4.78 is 0. The van der Waals surface area contributed by atoms with E-state index in [1.807, 2.05) is 42.2 Å². The predicted molar refractivity (Wildman–Crippen MR) is 116 cm³/mol. The summed E-state index contributed by atoms with van der Waals surface area (Å²) in [6.45, 7) is 3.37.